The number of hydrogen-bond acceptors (Lipinski definition) is 6. The van der Waals surface area contributed by atoms with E-state index in [0.29, 0.717) is 19.5 Å². The van der Waals surface area contributed by atoms with Crippen LogP contribution in [0.3, 0.4) is 0 Å². The summed E-state index contributed by atoms with van der Waals surface area (Å²) < 4.78 is 13.3. The molecule has 46 heavy (non-hydrogen) atoms. The third kappa shape index (κ3) is 8.39. The number of carbonyl (C=O) groups is 2. The minimum atomic E-state index is -0.900. The van der Waals surface area contributed by atoms with Crippen molar-refractivity contribution in [3.05, 3.63) is 119 Å². The number of carboxylic acids is 1. The van der Waals surface area contributed by atoms with Crippen molar-refractivity contribution in [2.24, 2.45) is 5.92 Å². The quantitative estimate of drug-likeness (QED) is 0.152. The molecule has 5 rings (SSSR count). The monoisotopic (exact) mass is 624 g/mol. The SMILES string of the molecule is CC1C(CN(C)C(C)c2ccc3ccccc3c2)OC(c2ccc(CNC(=O)CCCC(=O)O)cc2)OC1c1ccc(CO)cc1. The fraction of sp³-hybridized carbons (Fsp3) is 0.368. The van der Waals surface area contributed by atoms with Crippen molar-refractivity contribution >= 4 is 22.6 Å². The van der Waals surface area contributed by atoms with Crippen LogP contribution in [0.4, 0.5) is 0 Å². The number of benzene rings is 4. The van der Waals surface area contributed by atoms with Crippen molar-refractivity contribution < 1.29 is 29.3 Å². The van der Waals surface area contributed by atoms with Gasteiger partial charge in [0, 0.05) is 43.5 Å². The zero-order chi connectivity index (χ0) is 32.6. The molecule has 242 valence electrons. The first kappa shape index (κ1) is 33.3. The molecule has 8 heteroatoms. The van der Waals surface area contributed by atoms with Gasteiger partial charge in [0.05, 0.1) is 18.8 Å². The number of rotatable bonds is 13. The van der Waals surface area contributed by atoms with Crippen LogP contribution in [0, 0.1) is 5.92 Å². The zero-order valence-electron chi connectivity index (χ0n) is 26.8. The van der Waals surface area contributed by atoms with Crippen LogP contribution in [0.1, 0.15) is 79.4 Å². The maximum Gasteiger partial charge on any atom is 0.303 e. The van der Waals surface area contributed by atoms with Gasteiger partial charge in [-0.3, -0.25) is 14.5 Å². The van der Waals surface area contributed by atoms with Crippen molar-refractivity contribution in [1.29, 1.82) is 0 Å². The first-order valence-electron chi connectivity index (χ1n) is 16.0. The summed E-state index contributed by atoms with van der Waals surface area (Å²) in [6.45, 7) is 5.44. The number of aliphatic hydroxyl groups excluding tert-OH is 1. The first-order chi connectivity index (χ1) is 22.2. The molecule has 0 spiro atoms. The fourth-order valence-corrected chi connectivity index (χ4v) is 5.97. The van der Waals surface area contributed by atoms with Crippen LogP contribution >= 0.6 is 0 Å². The highest BCUT2D eigenvalue weighted by atomic mass is 16.7. The van der Waals surface area contributed by atoms with E-state index in [0.717, 1.165) is 22.3 Å². The summed E-state index contributed by atoms with van der Waals surface area (Å²) in [7, 11) is 2.14. The summed E-state index contributed by atoms with van der Waals surface area (Å²) in [6.07, 6.45) is -0.455. The third-order valence-corrected chi connectivity index (χ3v) is 9.04. The van der Waals surface area contributed by atoms with Gasteiger partial charge in [0.15, 0.2) is 6.29 Å². The van der Waals surface area contributed by atoms with Crippen LogP contribution in [0.5, 0.6) is 0 Å². The number of fused-ring (bicyclic) bond motifs is 1. The molecule has 0 saturated carbocycles. The van der Waals surface area contributed by atoms with Crippen LogP contribution in [-0.2, 0) is 32.2 Å². The van der Waals surface area contributed by atoms with Gasteiger partial charge >= 0.3 is 5.97 Å². The Labute approximate surface area is 271 Å². The minimum absolute atomic E-state index is 0.0116. The smallest absolute Gasteiger partial charge is 0.303 e. The number of ether oxygens (including phenoxy) is 2. The van der Waals surface area contributed by atoms with E-state index in [2.05, 4.69) is 73.6 Å². The van der Waals surface area contributed by atoms with E-state index in [1.165, 1.54) is 16.3 Å². The molecule has 8 nitrogen and oxygen atoms in total. The van der Waals surface area contributed by atoms with E-state index in [1.54, 1.807) is 0 Å². The number of aliphatic hydroxyl groups is 1. The lowest BCUT2D eigenvalue weighted by molar-refractivity contribution is -0.276. The molecule has 1 amide bonds. The summed E-state index contributed by atoms with van der Waals surface area (Å²) in [5.74, 6) is -1.01. The number of nitrogens with zero attached hydrogens (tertiary/aromatic N) is 1. The van der Waals surface area contributed by atoms with Crippen molar-refractivity contribution in [2.45, 2.75) is 70.8 Å². The number of likely N-dealkylation sites (N-methyl/N-ethyl adjacent to an activating group) is 1. The molecule has 5 atom stereocenters. The number of nitrogens with one attached hydrogen (secondary N) is 1. The summed E-state index contributed by atoms with van der Waals surface area (Å²) in [5.41, 5.74) is 4.95. The molecular weight excluding hydrogens is 580 g/mol. The van der Waals surface area contributed by atoms with E-state index in [1.807, 2.05) is 48.5 Å². The third-order valence-electron chi connectivity index (χ3n) is 9.04. The lowest BCUT2D eigenvalue weighted by Gasteiger charge is -2.43. The summed E-state index contributed by atoms with van der Waals surface area (Å²) in [5, 5.41) is 23.7. The number of carboxylic acid groups (broad SMARTS) is 1. The molecule has 1 fully saturated rings. The molecule has 5 unspecified atom stereocenters. The van der Waals surface area contributed by atoms with Crippen LogP contribution in [0.25, 0.3) is 10.8 Å². The van der Waals surface area contributed by atoms with Crippen LogP contribution in [0.2, 0.25) is 0 Å². The Morgan fingerprint density at radius 3 is 2.24 bits per heavy atom. The van der Waals surface area contributed by atoms with Gasteiger partial charge in [-0.25, -0.2) is 0 Å². The minimum Gasteiger partial charge on any atom is -0.481 e. The Morgan fingerprint density at radius 2 is 1.54 bits per heavy atom. The molecular formula is C38H44N2O6. The van der Waals surface area contributed by atoms with Crippen LogP contribution in [-0.4, -0.2) is 46.7 Å². The fourth-order valence-electron chi connectivity index (χ4n) is 5.97. The second-order valence-corrected chi connectivity index (χ2v) is 12.3. The van der Waals surface area contributed by atoms with Crippen molar-refractivity contribution in [2.75, 3.05) is 13.6 Å². The molecule has 0 aromatic heterocycles. The van der Waals surface area contributed by atoms with Gasteiger partial charge in [-0.2, -0.15) is 0 Å². The molecule has 4 aromatic carbocycles. The largest absolute Gasteiger partial charge is 0.481 e. The molecule has 0 aliphatic carbocycles. The molecule has 1 saturated heterocycles. The normalized spacial score (nSPS) is 20.5. The predicted molar refractivity (Wildman–Crippen MR) is 178 cm³/mol. The zero-order valence-corrected chi connectivity index (χ0v) is 26.8. The van der Waals surface area contributed by atoms with E-state index in [4.69, 9.17) is 14.6 Å². The lowest BCUT2D eigenvalue weighted by Crippen LogP contribution is -2.44. The average molecular weight is 625 g/mol. The molecule has 1 heterocycles. The van der Waals surface area contributed by atoms with Gasteiger partial charge in [0.2, 0.25) is 5.91 Å². The average Bonchev–Trinajstić information content (AvgIpc) is 3.07. The van der Waals surface area contributed by atoms with Gasteiger partial charge < -0.3 is 25.0 Å². The standard InChI is InChI=1S/C38H44N2O6/c1-25-34(23-40(3)26(2)32-20-19-29-7-4-5-8-33(29)21-32)45-38(46-37(25)30-15-13-28(24-41)14-16-30)31-17-11-27(12-18-31)22-39-35(42)9-6-10-36(43)44/h4-5,7-8,11-21,25-26,34,37-38,41H,6,9-10,22-24H2,1-3H3,(H,39,42)(H,43,44). The second-order valence-electron chi connectivity index (χ2n) is 12.3. The van der Waals surface area contributed by atoms with Gasteiger partial charge in [-0.1, -0.05) is 91.9 Å². The van der Waals surface area contributed by atoms with E-state index in [-0.39, 0.29) is 49.5 Å². The highest BCUT2D eigenvalue weighted by molar-refractivity contribution is 5.83. The highest BCUT2D eigenvalue weighted by Crippen LogP contribution is 2.42. The summed E-state index contributed by atoms with van der Waals surface area (Å²) >= 11 is 0. The van der Waals surface area contributed by atoms with Gasteiger partial charge in [0.1, 0.15) is 0 Å². The summed E-state index contributed by atoms with van der Waals surface area (Å²) in [4.78, 5) is 25.2. The molecule has 0 bridgehead atoms. The number of hydrogen-bond donors (Lipinski definition) is 3. The number of aliphatic carboxylic acids is 1. The Hall–Kier alpha value is -4.08. The van der Waals surface area contributed by atoms with E-state index in [9.17, 15) is 14.7 Å². The topological polar surface area (TPSA) is 108 Å². The Kier molecular flexibility index (Phi) is 11.2. The molecule has 1 aliphatic heterocycles. The second kappa shape index (κ2) is 15.5. The molecule has 4 aromatic rings. The summed E-state index contributed by atoms with van der Waals surface area (Å²) in [6, 6.07) is 31.0. The molecule has 1 aliphatic rings. The molecule has 3 N–H and O–H groups in total. The van der Waals surface area contributed by atoms with Crippen LogP contribution in [0.15, 0.2) is 91.0 Å². The van der Waals surface area contributed by atoms with Crippen molar-refractivity contribution in [3.63, 3.8) is 0 Å². The Morgan fingerprint density at radius 1 is 0.870 bits per heavy atom. The van der Waals surface area contributed by atoms with Crippen LogP contribution < -0.4 is 5.32 Å². The van der Waals surface area contributed by atoms with Gasteiger partial charge in [-0.15, -0.1) is 0 Å². The van der Waals surface area contributed by atoms with Gasteiger partial charge in [-0.05, 0) is 59.5 Å². The first-order valence-corrected chi connectivity index (χ1v) is 16.0. The lowest BCUT2D eigenvalue weighted by atomic mass is 9.89. The Balaban J connectivity index is 1.30. The highest BCUT2D eigenvalue weighted by Gasteiger charge is 2.39. The number of carbonyl (C=O) groups excluding carboxylic acids is 1. The maximum absolute atomic E-state index is 12.1. The predicted octanol–water partition coefficient (Wildman–Crippen LogP) is 6.69. The van der Waals surface area contributed by atoms with E-state index >= 15 is 0 Å². The van der Waals surface area contributed by atoms with Crippen molar-refractivity contribution in [3.8, 4) is 0 Å². The van der Waals surface area contributed by atoms with Crippen molar-refractivity contribution in [1.82, 2.24) is 10.2 Å². The Bertz CT molecular complexity index is 1610. The molecule has 0 radical (unpaired) electrons. The van der Waals surface area contributed by atoms with E-state index < -0.39 is 12.3 Å². The maximum atomic E-state index is 12.1. The number of amides is 1. The van der Waals surface area contributed by atoms with Gasteiger partial charge in [0.25, 0.3) is 0 Å².